The number of hydrogen-bond donors (Lipinski definition) is 2. The van der Waals surface area contributed by atoms with Crippen LogP contribution in [0.1, 0.15) is 104 Å². The summed E-state index contributed by atoms with van der Waals surface area (Å²) in [5.41, 5.74) is 12.7. The Kier molecular flexibility index (Phi) is 15.5. The molecule has 1 saturated heterocycles. The summed E-state index contributed by atoms with van der Waals surface area (Å²) in [5, 5.41) is 8.40. The number of esters is 2. The van der Waals surface area contributed by atoms with Gasteiger partial charge in [0.25, 0.3) is 0 Å². The van der Waals surface area contributed by atoms with Gasteiger partial charge < -0.3 is 19.9 Å². The molecule has 2 aromatic carbocycles. The van der Waals surface area contributed by atoms with Crippen LogP contribution in [-0.2, 0) is 14.2 Å². The van der Waals surface area contributed by atoms with Gasteiger partial charge in [-0.05, 0) is 110 Å². The maximum Gasteiger partial charge on any atom is 0.338 e. The second-order valence-corrected chi connectivity index (χ2v) is 11.5. The van der Waals surface area contributed by atoms with Gasteiger partial charge in [-0.3, -0.25) is 5.41 Å². The molecule has 10 heteroatoms. The number of rotatable bonds is 6. The minimum Gasteiger partial charge on any atom is -0.465 e. The number of aryl methyl sites for hydroxylation is 2. The second-order valence-electron chi connectivity index (χ2n) is 10.3. The Labute approximate surface area is 273 Å². The van der Waals surface area contributed by atoms with Crippen LogP contribution in [0, 0.1) is 19.3 Å². The van der Waals surface area contributed by atoms with Crippen molar-refractivity contribution in [3.8, 4) is 0 Å². The smallest absolute Gasteiger partial charge is 0.338 e. The first-order valence-corrected chi connectivity index (χ1v) is 17.8. The predicted octanol–water partition coefficient (Wildman–Crippen LogP) is 7.49. The summed E-state index contributed by atoms with van der Waals surface area (Å²) in [6, 6.07) is 7.63. The molecule has 1 aliphatic heterocycles. The molecule has 2 aromatic rings. The van der Waals surface area contributed by atoms with Gasteiger partial charge in [0.15, 0.2) is 0 Å². The monoisotopic (exact) mass is 726 g/mol. The maximum absolute atomic E-state index is 11.8. The average molecular weight is 727 g/mol. The summed E-state index contributed by atoms with van der Waals surface area (Å²) >= 11 is 8.51. The van der Waals surface area contributed by atoms with E-state index in [1.54, 1.807) is 6.07 Å². The van der Waals surface area contributed by atoms with Crippen LogP contribution in [0.4, 0.5) is 0 Å². The molecule has 0 bridgehead atoms. The molecule has 230 valence electrons. The van der Waals surface area contributed by atoms with Gasteiger partial charge in [-0.2, -0.15) is 0 Å². The summed E-state index contributed by atoms with van der Waals surface area (Å²) in [5.74, 6) is 0.370. The van der Waals surface area contributed by atoms with Crippen LogP contribution >= 0.6 is 46.6 Å². The Morgan fingerprint density at radius 1 is 0.857 bits per heavy atom. The zero-order valence-corrected chi connectivity index (χ0v) is 29.2. The fraction of sp³-hybridized carbons (Fsp3) is 0.500. The molecule has 5 rings (SSSR count). The molecule has 0 atom stereocenters. The quantitative estimate of drug-likeness (QED) is 0.0787. The van der Waals surface area contributed by atoms with Gasteiger partial charge in [0.05, 0.1) is 30.4 Å². The van der Waals surface area contributed by atoms with Crippen LogP contribution in [0.2, 0.25) is 0 Å². The van der Waals surface area contributed by atoms with E-state index < -0.39 is 0 Å². The molecule has 42 heavy (non-hydrogen) atoms. The highest BCUT2D eigenvalue weighted by Crippen LogP contribution is 2.43. The Hall–Kier alpha value is -2.02. The fourth-order valence-electron chi connectivity index (χ4n) is 4.63. The van der Waals surface area contributed by atoms with Crippen molar-refractivity contribution in [2.24, 2.45) is 5.73 Å². The molecule has 2 aliphatic carbocycles. The Morgan fingerprint density at radius 3 is 1.57 bits per heavy atom. The molecule has 0 unspecified atom stereocenters. The van der Waals surface area contributed by atoms with Gasteiger partial charge >= 0.3 is 11.9 Å². The van der Waals surface area contributed by atoms with E-state index in [0.717, 1.165) is 72.3 Å². The molecule has 0 amide bonds. The van der Waals surface area contributed by atoms with Crippen molar-refractivity contribution in [1.29, 1.82) is 5.41 Å². The summed E-state index contributed by atoms with van der Waals surface area (Å²) in [4.78, 5) is 25.9. The number of carbonyl (C=O) groups is 2. The Morgan fingerprint density at radius 2 is 1.26 bits per heavy atom. The van der Waals surface area contributed by atoms with E-state index in [9.17, 15) is 9.59 Å². The molecule has 3 aliphatic rings. The highest BCUT2D eigenvalue weighted by atomic mass is 127. The number of alkyl halides is 1. The van der Waals surface area contributed by atoms with Gasteiger partial charge in [0.2, 0.25) is 0 Å². The number of benzene rings is 2. The molecule has 0 spiro atoms. The van der Waals surface area contributed by atoms with E-state index in [-0.39, 0.29) is 11.9 Å². The highest BCUT2D eigenvalue weighted by Gasteiger charge is 2.30. The third kappa shape index (κ3) is 10.3. The van der Waals surface area contributed by atoms with Gasteiger partial charge in [-0.15, -0.1) is 11.8 Å². The number of nitrogens with one attached hydrogen (secondary N) is 1. The van der Waals surface area contributed by atoms with E-state index in [2.05, 4.69) is 22.6 Å². The first-order valence-electron chi connectivity index (χ1n) is 14.0. The number of methoxy groups -OCH3 is 2. The summed E-state index contributed by atoms with van der Waals surface area (Å²) in [6.07, 6.45) is 8.98. The maximum atomic E-state index is 11.8. The number of ether oxygens (including phenoxy) is 3. The van der Waals surface area contributed by atoms with Crippen molar-refractivity contribution < 1.29 is 23.8 Å². The normalized spacial score (nSPS) is 15.0. The third-order valence-electron chi connectivity index (χ3n) is 7.18. The molecule has 3 N–H and O–H groups in total. The first kappa shape index (κ1) is 36.2. The number of hydrogen-bond acceptors (Lipinski definition) is 8. The van der Waals surface area contributed by atoms with Crippen molar-refractivity contribution in [1.82, 2.24) is 0 Å². The largest absolute Gasteiger partial charge is 0.465 e. The van der Waals surface area contributed by atoms with Crippen molar-refractivity contribution in [2.45, 2.75) is 64.2 Å². The van der Waals surface area contributed by atoms with Gasteiger partial charge in [-0.1, -0.05) is 46.9 Å². The van der Waals surface area contributed by atoms with E-state index in [1.165, 1.54) is 38.8 Å². The molecular weight excluding hydrogens is 683 g/mol. The van der Waals surface area contributed by atoms with Crippen LogP contribution in [0.5, 0.6) is 0 Å². The fourth-order valence-corrected chi connectivity index (χ4v) is 5.29. The number of nitrogens with two attached hydrogens (primary N) is 1. The molecule has 0 radical (unpaired) electrons. The third-order valence-corrected chi connectivity index (χ3v) is 8.03. The topological polar surface area (TPSA) is 112 Å². The molecular formula is C32H43IN2O5S2. The molecule has 7 nitrogen and oxygen atoms in total. The lowest BCUT2D eigenvalue weighted by atomic mass is 9.96. The van der Waals surface area contributed by atoms with Crippen molar-refractivity contribution in [3.63, 3.8) is 0 Å². The minimum absolute atomic E-state index is 0.299. The lowest BCUT2D eigenvalue weighted by Crippen LogP contribution is -2.14. The van der Waals surface area contributed by atoms with Crippen molar-refractivity contribution >= 4 is 68.5 Å². The van der Waals surface area contributed by atoms with Gasteiger partial charge in [0.1, 0.15) is 4.99 Å². The minimum atomic E-state index is -0.315. The van der Waals surface area contributed by atoms with Gasteiger partial charge in [0, 0.05) is 24.3 Å². The van der Waals surface area contributed by atoms with Crippen LogP contribution < -0.4 is 5.73 Å². The highest BCUT2D eigenvalue weighted by molar-refractivity contribution is 14.1. The first-order chi connectivity index (χ1) is 20.1. The van der Waals surface area contributed by atoms with Crippen molar-refractivity contribution in [3.05, 3.63) is 68.8 Å². The van der Waals surface area contributed by atoms with E-state index in [4.69, 9.17) is 37.6 Å². The second kappa shape index (κ2) is 17.9. The van der Waals surface area contributed by atoms with E-state index in [0.29, 0.717) is 33.0 Å². The number of carbonyl (C=O) groups excluding carboxylic acids is 2. The molecule has 2 saturated carbocycles. The predicted molar refractivity (Wildman–Crippen MR) is 185 cm³/mol. The SMILES string of the molecule is C1CCOC1.CI.COC(=O)c1cc(C(=N)SC)c(C)cc1C1CC1.COC(=O)c1cc(C(N)=S)c(C)cc1C1CC1. The van der Waals surface area contributed by atoms with E-state index >= 15 is 0 Å². The molecule has 1 heterocycles. The number of thiocarbonyl (C=S) groups is 1. The Bertz CT molecular complexity index is 1260. The lowest BCUT2D eigenvalue weighted by molar-refractivity contribution is 0.0590. The summed E-state index contributed by atoms with van der Waals surface area (Å²) in [6.45, 7) is 5.95. The number of halogens is 1. The average Bonchev–Trinajstić information content (AvgIpc) is 3.95. The molecule has 0 aromatic heterocycles. The van der Waals surface area contributed by atoms with Gasteiger partial charge in [-0.25, -0.2) is 9.59 Å². The van der Waals surface area contributed by atoms with Crippen LogP contribution in [0.25, 0.3) is 0 Å². The summed E-state index contributed by atoms with van der Waals surface area (Å²) in [7, 11) is 2.79. The van der Waals surface area contributed by atoms with Crippen molar-refractivity contribution in [2.75, 3.05) is 38.6 Å². The van der Waals surface area contributed by atoms with Crippen LogP contribution in [0.15, 0.2) is 24.3 Å². The Balaban J connectivity index is 0.000000240. The van der Waals surface area contributed by atoms with Crippen LogP contribution in [0.3, 0.4) is 0 Å². The molecule has 3 fully saturated rings. The lowest BCUT2D eigenvalue weighted by Gasteiger charge is -2.13. The number of thioether (sulfide) groups is 1. The van der Waals surface area contributed by atoms with Crippen LogP contribution in [-0.4, -0.2) is 60.6 Å². The standard InChI is InChI=1S/C14H17NO2S.C13H15NO2S.C4H8O.CH3I/c1-8-6-11(9-4-5-9)12(14(16)17-2)7-10(8)13(15)18-3;1-7-5-10(8-3-4-8)11(13(15)16-2)6-9(7)12(14)17;1-2-4-5-3-1;1-2/h6-7,9,15H,4-5H2,1-3H3;5-6,8H,3-4H2,1-2H3,(H2,14,17);1-4H2;1H3. The zero-order chi connectivity index (χ0) is 31.4. The van der Waals surface area contributed by atoms with E-state index in [1.807, 2.05) is 43.2 Å². The summed E-state index contributed by atoms with van der Waals surface area (Å²) < 4.78 is 14.6. The zero-order valence-electron chi connectivity index (χ0n) is 25.4.